The fourth-order valence-corrected chi connectivity index (χ4v) is 1.86. The van der Waals surface area contributed by atoms with Crippen molar-refractivity contribution in [1.82, 2.24) is 4.98 Å². The third kappa shape index (κ3) is 3.26. The summed E-state index contributed by atoms with van der Waals surface area (Å²) in [4.78, 5) is 4.29. The van der Waals surface area contributed by atoms with Crippen LogP contribution in [0.15, 0.2) is 23.4 Å². The van der Waals surface area contributed by atoms with Crippen LogP contribution < -0.4 is 0 Å². The van der Waals surface area contributed by atoms with E-state index >= 15 is 0 Å². The number of rotatable bonds is 1. The van der Waals surface area contributed by atoms with Gasteiger partial charge in [-0.2, -0.15) is 0 Å². The van der Waals surface area contributed by atoms with Crippen LogP contribution in [0, 0.1) is 6.92 Å². The van der Waals surface area contributed by atoms with Crippen LogP contribution in [0.4, 0.5) is 0 Å². The van der Waals surface area contributed by atoms with Crippen molar-refractivity contribution >= 4 is 11.8 Å². The lowest BCUT2D eigenvalue weighted by atomic mass is 10.3. The highest BCUT2D eigenvalue weighted by atomic mass is 32.2. The van der Waals surface area contributed by atoms with Gasteiger partial charge in [0.2, 0.25) is 0 Å². The van der Waals surface area contributed by atoms with E-state index in [0.29, 0.717) is 0 Å². The molecule has 0 radical (unpaired) electrons. The summed E-state index contributed by atoms with van der Waals surface area (Å²) in [6, 6.07) is 4.14. The Kier molecular flexibility index (Phi) is 2.78. The Bertz CT molecular complexity index is 263. The van der Waals surface area contributed by atoms with E-state index in [0.717, 1.165) is 5.03 Å². The van der Waals surface area contributed by atoms with Gasteiger partial charge in [-0.15, -0.1) is 11.8 Å². The lowest BCUT2D eigenvalue weighted by Gasteiger charge is -2.16. The van der Waals surface area contributed by atoms with Crippen molar-refractivity contribution < 1.29 is 0 Å². The number of aromatic nitrogens is 1. The first-order valence-corrected chi connectivity index (χ1v) is 4.91. The number of hydrogen-bond acceptors (Lipinski definition) is 2. The summed E-state index contributed by atoms with van der Waals surface area (Å²) < 4.78 is 0.251. The molecule has 12 heavy (non-hydrogen) atoms. The molecule has 0 unspecified atom stereocenters. The summed E-state index contributed by atoms with van der Waals surface area (Å²) in [5.74, 6) is 0. The maximum absolute atomic E-state index is 4.29. The summed E-state index contributed by atoms with van der Waals surface area (Å²) in [6.45, 7) is 8.68. The summed E-state index contributed by atoms with van der Waals surface area (Å²) in [5, 5.41) is 1.11. The summed E-state index contributed by atoms with van der Waals surface area (Å²) in [7, 11) is 0. The quantitative estimate of drug-likeness (QED) is 0.617. The minimum atomic E-state index is 0.251. The minimum Gasteiger partial charge on any atom is -0.250 e. The molecule has 0 aromatic carbocycles. The Morgan fingerprint density at radius 2 is 2.00 bits per heavy atom. The van der Waals surface area contributed by atoms with E-state index in [-0.39, 0.29) is 4.75 Å². The molecule has 0 aliphatic rings. The largest absolute Gasteiger partial charge is 0.250 e. The van der Waals surface area contributed by atoms with Gasteiger partial charge in [-0.25, -0.2) is 4.98 Å². The van der Waals surface area contributed by atoms with Gasteiger partial charge in [-0.1, -0.05) is 20.8 Å². The van der Waals surface area contributed by atoms with Gasteiger partial charge in [-0.3, -0.25) is 0 Å². The molecule has 1 nitrogen and oxygen atoms in total. The molecule has 0 N–H and O–H groups in total. The maximum atomic E-state index is 4.29. The van der Waals surface area contributed by atoms with Gasteiger partial charge < -0.3 is 0 Å². The average molecular weight is 181 g/mol. The smallest absolute Gasteiger partial charge is 0.0967 e. The zero-order valence-electron chi connectivity index (χ0n) is 8.09. The molecule has 0 aliphatic carbocycles. The summed E-state index contributed by atoms with van der Waals surface area (Å²) in [6.07, 6.45) is 1.86. The normalized spacial score (nSPS) is 11.7. The van der Waals surface area contributed by atoms with Crippen LogP contribution in [-0.4, -0.2) is 9.73 Å². The molecule has 66 valence electrons. The van der Waals surface area contributed by atoms with Crippen molar-refractivity contribution in [2.75, 3.05) is 0 Å². The maximum Gasteiger partial charge on any atom is 0.0967 e. The van der Waals surface area contributed by atoms with Crippen molar-refractivity contribution in [2.45, 2.75) is 37.5 Å². The second-order valence-corrected chi connectivity index (χ2v) is 5.73. The monoisotopic (exact) mass is 181 g/mol. The Labute approximate surface area is 78.6 Å². The fourth-order valence-electron chi connectivity index (χ4n) is 0.878. The molecule has 0 bridgehead atoms. The number of thioether (sulfide) groups is 1. The number of aryl methyl sites for hydroxylation is 1. The van der Waals surface area contributed by atoms with Crippen LogP contribution in [0.2, 0.25) is 0 Å². The molecule has 0 fully saturated rings. The van der Waals surface area contributed by atoms with Crippen LogP contribution in [0.25, 0.3) is 0 Å². The molecular formula is C10H15NS. The lowest BCUT2D eigenvalue weighted by molar-refractivity contribution is 0.799. The fraction of sp³-hybridized carbons (Fsp3) is 0.500. The Morgan fingerprint density at radius 3 is 2.50 bits per heavy atom. The van der Waals surface area contributed by atoms with E-state index in [9.17, 15) is 0 Å². The summed E-state index contributed by atoms with van der Waals surface area (Å²) in [5.41, 5.74) is 1.27. The first-order chi connectivity index (χ1) is 5.47. The third-order valence-corrected chi connectivity index (χ3v) is 2.35. The molecule has 1 aromatic heterocycles. The summed E-state index contributed by atoms with van der Waals surface area (Å²) >= 11 is 1.80. The lowest BCUT2D eigenvalue weighted by Crippen LogP contribution is -2.07. The first kappa shape index (κ1) is 9.59. The van der Waals surface area contributed by atoms with Crippen molar-refractivity contribution in [3.63, 3.8) is 0 Å². The van der Waals surface area contributed by atoms with Gasteiger partial charge in [0, 0.05) is 10.9 Å². The number of hydrogen-bond donors (Lipinski definition) is 0. The third-order valence-electron chi connectivity index (χ3n) is 1.30. The molecule has 0 spiro atoms. The Balaban J connectivity index is 2.77. The van der Waals surface area contributed by atoms with Crippen LogP contribution in [0.1, 0.15) is 26.3 Å². The molecule has 0 atom stereocenters. The molecule has 0 aliphatic heterocycles. The van der Waals surface area contributed by atoms with Crippen molar-refractivity contribution in [3.8, 4) is 0 Å². The van der Waals surface area contributed by atoms with Crippen molar-refractivity contribution in [3.05, 3.63) is 23.9 Å². The van der Waals surface area contributed by atoms with E-state index in [4.69, 9.17) is 0 Å². The number of pyridine rings is 1. The molecule has 1 heterocycles. The van der Waals surface area contributed by atoms with E-state index in [1.54, 1.807) is 11.8 Å². The highest BCUT2D eigenvalue weighted by molar-refractivity contribution is 8.00. The second-order valence-electron chi connectivity index (χ2n) is 3.89. The Hall–Kier alpha value is -0.500. The van der Waals surface area contributed by atoms with Gasteiger partial charge >= 0.3 is 0 Å². The molecule has 1 aromatic rings. The van der Waals surface area contributed by atoms with Gasteiger partial charge in [0.25, 0.3) is 0 Å². The standard InChI is InChI=1S/C10H15NS/c1-8-5-6-11-9(7-8)12-10(2,3)4/h5-7H,1-4H3. The topological polar surface area (TPSA) is 12.9 Å². The molecular weight excluding hydrogens is 166 g/mol. The molecule has 0 amide bonds. The zero-order chi connectivity index (χ0) is 9.19. The van der Waals surface area contributed by atoms with Crippen LogP contribution >= 0.6 is 11.8 Å². The van der Waals surface area contributed by atoms with Crippen molar-refractivity contribution in [2.24, 2.45) is 0 Å². The SMILES string of the molecule is Cc1ccnc(SC(C)(C)C)c1. The Morgan fingerprint density at radius 1 is 1.33 bits per heavy atom. The van der Waals surface area contributed by atoms with E-state index in [1.165, 1.54) is 5.56 Å². The molecule has 2 heteroatoms. The minimum absolute atomic E-state index is 0.251. The number of nitrogens with zero attached hydrogens (tertiary/aromatic N) is 1. The van der Waals surface area contributed by atoms with Crippen LogP contribution in [0.5, 0.6) is 0 Å². The molecule has 1 rings (SSSR count). The highest BCUT2D eigenvalue weighted by Crippen LogP contribution is 2.30. The van der Waals surface area contributed by atoms with Gasteiger partial charge in [0.05, 0.1) is 5.03 Å². The van der Waals surface area contributed by atoms with E-state index < -0.39 is 0 Å². The van der Waals surface area contributed by atoms with E-state index in [1.807, 2.05) is 12.3 Å². The van der Waals surface area contributed by atoms with Crippen LogP contribution in [-0.2, 0) is 0 Å². The van der Waals surface area contributed by atoms with Gasteiger partial charge in [-0.05, 0) is 24.6 Å². The second kappa shape index (κ2) is 3.48. The molecule has 0 saturated heterocycles. The predicted octanol–water partition coefficient (Wildman–Crippen LogP) is 3.28. The van der Waals surface area contributed by atoms with Gasteiger partial charge in [0.15, 0.2) is 0 Å². The van der Waals surface area contributed by atoms with Gasteiger partial charge in [0.1, 0.15) is 0 Å². The van der Waals surface area contributed by atoms with Crippen molar-refractivity contribution in [1.29, 1.82) is 0 Å². The highest BCUT2D eigenvalue weighted by Gasteiger charge is 2.12. The molecule has 0 saturated carbocycles. The first-order valence-electron chi connectivity index (χ1n) is 4.09. The predicted molar refractivity (Wildman–Crippen MR) is 54.6 cm³/mol. The van der Waals surface area contributed by atoms with E-state index in [2.05, 4.69) is 38.7 Å². The zero-order valence-corrected chi connectivity index (χ0v) is 8.90. The van der Waals surface area contributed by atoms with Crippen LogP contribution in [0.3, 0.4) is 0 Å². The average Bonchev–Trinajstić information content (AvgIpc) is 1.82.